The van der Waals surface area contributed by atoms with Crippen molar-refractivity contribution < 1.29 is 19.1 Å². The van der Waals surface area contributed by atoms with Gasteiger partial charge in [0.1, 0.15) is 0 Å². The van der Waals surface area contributed by atoms with Crippen LogP contribution in [0.1, 0.15) is 20.3 Å². The summed E-state index contributed by atoms with van der Waals surface area (Å²) in [6.07, 6.45) is 0.373. The fourth-order valence-electron chi connectivity index (χ4n) is 0.920. The van der Waals surface area contributed by atoms with E-state index in [2.05, 4.69) is 9.47 Å². The molecule has 0 aromatic rings. The molecule has 0 aliphatic rings. The van der Waals surface area contributed by atoms with Gasteiger partial charge in [-0.05, 0) is 13.8 Å². The second kappa shape index (κ2) is 6.71. The van der Waals surface area contributed by atoms with Crippen LogP contribution in [0.3, 0.4) is 0 Å². The Morgan fingerprint density at radius 2 is 1.80 bits per heavy atom. The summed E-state index contributed by atoms with van der Waals surface area (Å²) in [7, 11) is 2.74. The van der Waals surface area contributed by atoms with Crippen LogP contribution in [-0.2, 0) is 19.1 Å². The average molecular weight is 234 g/mol. The lowest BCUT2D eigenvalue weighted by Crippen LogP contribution is -2.28. The lowest BCUT2D eigenvalue weighted by molar-refractivity contribution is -0.149. The minimum atomic E-state index is -0.504. The van der Waals surface area contributed by atoms with Crippen molar-refractivity contribution >= 4 is 23.7 Å². The van der Waals surface area contributed by atoms with Crippen LogP contribution in [-0.4, -0.2) is 37.7 Å². The molecule has 0 atom stereocenters. The van der Waals surface area contributed by atoms with Gasteiger partial charge in [-0.25, -0.2) is 0 Å². The highest BCUT2D eigenvalue weighted by atomic mass is 32.2. The zero-order chi connectivity index (χ0) is 11.9. The van der Waals surface area contributed by atoms with E-state index in [0.29, 0.717) is 17.9 Å². The number of hydrogen-bond donors (Lipinski definition) is 0. The maximum Gasteiger partial charge on any atom is 0.312 e. The minimum Gasteiger partial charge on any atom is -0.469 e. The summed E-state index contributed by atoms with van der Waals surface area (Å²) in [5, 5.41) is 0. The lowest BCUT2D eigenvalue weighted by Gasteiger charge is -2.20. The van der Waals surface area contributed by atoms with Gasteiger partial charge >= 0.3 is 11.9 Å². The Kier molecular flexibility index (Phi) is 6.40. The van der Waals surface area contributed by atoms with Gasteiger partial charge in [0.25, 0.3) is 0 Å². The Labute approximate surface area is 94.7 Å². The normalized spacial score (nSPS) is 10.9. The van der Waals surface area contributed by atoms with Crippen LogP contribution in [0.2, 0.25) is 0 Å². The SMILES string of the molecule is COC(=O)CCSCC(C)(C)C(=O)OC. The Morgan fingerprint density at radius 1 is 1.20 bits per heavy atom. The predicted molar refractivity (Wildman–Crippen MR) is 59.8 cm³/mol. The second-order valence-electron chi connectivity index (χ2n) is 3.75. The van der Waals surface area contributed by atoms with E-state index in [1.165, 1.54) is 14.2 Å². The summed E-state index contributed by atoms with van der Waals surface area (Å²) in [4.78, 5) is 22.1. The molecule has 0 amide bonds. The quantitative estimate of drug-likeness (QED) is 0.514. The molecule has 0 spiro atoms. The van der Waals surface area contributed by atoms with E-state index in [4.69, 9.17) is 0 Å². The van der Waals surface area contributed by atoms with E-state index in [0.717, 1.165) is 0 Å². The maximum absolute atomic E-state index is 11.3. The van der Waals surface area contributed by atoms with Crippen molar-refractivity contribution in [2.24, 2.45) is 5.41 Å². The average Bonchev–Trinajstić information content (AvgIpc) is 2.22. The molecule has 0 saturated carbocycles. The fourth-order valence-corrected chi connectivity index (χ4v) is 2.00. The van der Waals surface area contributed by atoms with Crippen LogP contribution in [0.5, 0.6) is 0 Å². The third-order valence-corrected chi connectivity index (χ3v) is 3.30. The summed E-state index contributed by atoms with van der Waals surface area (Å²) < 4.78 is 9.18. The van der Waals surface area contributed by atoms with Crippen molar-refractivity contribution in [3.63, 3.8) is 0 Å². The van der Waals surface area contributed by atoms with Crippen molar-refractivity contribution in [3.8, 4) is 0 Å². The van der Waals surface area contributed by atoms with Gasteiger partial charge in [0.15, 0.2) is 0 Å². The van der Waals surface area contributed by atoms with Crippen molar-refractivity contribution in [1.82, 2.24) is 0 Å². The molecule has 0 aliphatic carbocycles. The molecule has 0 fully saturated rings. The Bertz CT molecular complexity index is 225. The number of esters is 2. The first-order valence-corrected chi connectivity index (χ1v) is 5.82. The molecule has 0 aliphatic heterocycles. The lowest BCUT2D eigenvalue weighted by atomic mass is 9.97. The number of carbonyl (C=O) groups excluding carboxylic acids is 2. The molecule has 0 aromatic carbocycles. The number of ether oxygens (including phenoxy) is 2. The molecule has 0 bridgehead atoms. The van der Waals surface area contributed by atoms with Gasteiger partial charge in [-0.1, -0.05) is 0 Å². The first kappa shape index (κ1) is 14.3. The molecule has 0 N–H and O–H groups in total. The topological polar surface area (TPSA) is 52.6 Å². The monoisotopic (exact) mass is 234 g/mol. The van der Waals surface area contributed by atoms with Crippen LogP contribution >= 0.6 is 11.8 Å². The van der Waals surface area contributed by atoms with Crippen LogP contribution in [0.15, 0.2) is 0 Å². The molecule has 88 valence electrons. The van der Waals surface area contributed by atoms with Crippen LogP contribution < -0.4 is 0 Å². The van der Waals surface area contributed by atoms with Crippen LogP contribution in [0.25, 0.3) is 0 Å². The molecular formula is C10H18O4S. The summed E-state index contributed by atoms with van der Waals surface area (Å²) in [6, 6.07) is 0. The van der Waals surface area contributed by atoms with Gasteiger partial charge in [0, 0.05) is 11.5 Å². The predicted octanol–water partition coefficient (Wildman–Crippen LogP) is 1.48. The summed E-state index contributed by atoms with van der Waals surface area (Å²) in [5.41, 5.74) is -0.504. The summed E-state index contributed by atoms with van der Waals surface area (Å²) >= 11 is 1.55. The van der Waals surface area contributed by atoms with Gasteiger partial charge in [-0.2, -0.15) is 11.8 Å². The Hall–Kier alpha value is -0.710. The van der Waals surface area contributed by atoms with Gasteiger partial charge in [-0.3, -0.25) is 9.59 Å². The van der Waals surface area contributed by atoms with E-state index < -0.39 is 5.41 Å². The van der Waals surface area contributed by atoms with Crippen molar-refractivity contribution in [1.29, 1.82) is 0 Å². The summed E-state index contributed by atoms with van der Waals surface area (Å²) in [6.45, 7) is 3.65. The molecular weight excluding hydrogens is 216 g/mol. The van der Waals surface area contributed by atoms with E-state index in [1.807, 2.05) is 13.8 Å². The maximum atomic E-state index is 11.3. The Morgan fingerprint density at radius 3 is 2.27 bits per heavy atom. The molecule has 0 aromatic heterocycles. The fraction of sp³-hybridized carbons (Fsp3) is 0.800. The number of thioether (sulfide) groups is 1. The smallest absolute Gasteiger partial charge is 0.312 e. The van der Waals surface area contributed by atoms with Gasteiger partial charge < -0.3 is 9.47 Å². The zero-order valence-corrected chi connectivity index (χ0v) is 10.5. The van der Waals surface area contributed by atoms with Crippen LogP contribution in [0, 0.1) is 5.41 Å². The first-order chi connectivity index (χ1) is 6.94. The largest absolute Gasteiger partial charge is 0.469 e. The molecule has 0 saturated heterocycles. The molecule has 15 heavy (non-hydrogen) atoms. The minimum absolute atomic E-state index is 0.224. The standard InChI is InChI=1S/C10H18O4S/c1-10(2,9(12)14-4)7-15-6-5-8(11)13-3/h5-7H2,1-4H3. The summed E-state index contributed by atoms with van der Waals surface area (Å²) in [5.74, 6) is 0.843. The van der Waals surface area contributed by atoms with E-state index in [9.17, 15) is 9.59 Å². The zero-order valence-electron chi connectivity index (χ0n) is 9.66. The number of hydrogen-bond acceptors (Lipinski definition) is 5. The van der Waals surface area contributed by atoms with Gasteiger partial charge in [0.05, 0.1) is 26.1 Å². The molecule has 0 unspecified atom stereocenters. The van der Waals surface area contributed by atoms with Crippen molar-refractivity contribution in [2.45, 2.75) is 20.3 Å². The molecule has 0 heterocycles. The molecule has 0 radical (unpaired) electrons. The van der Waals surface area contributed by atoms with Gasteiger partial charge in [0.2, 0.25) is 0 Å². The first-order valence-electron chi connectivity index (χ1n) is 4.67. The van der Waals surface area contributed by atoms with Crippen molar-refractivity contribution in [2.75, 3.05) is 25.7 Å². The van der Waals surface area contributed by atoms with E-state index in [1.54, 1.807) is 11.8 Å². The van der Waals surface area contributed by atoms with Crippen LogP contribution in [0.4, 0.5) is 0 Å². The van der Waals surface area contributed by atoms with E-state index in [-0.39, 0.29) is 11.9 Å². The highest BCUT2D eigenvalue weighted by molar-refractivity contribution is 7.99. The molecule has 5 heteroatoms. The highest BCUT2D eigenvalue weighted by Crippen LogP contribution is 2.23. The number of rotatable bonds is 6. The number of methoxy groups -OCH3 is 2. The van der Waals surface area contributed by atoms with E-state index >= 15 is 0 Å². The highest BCUT2D eigenvalue weighted by Gasteiger charge is 2.28. The Balaban J connectivity index is 3.75. The molecule has 0 rings (SSSR count). The molecule has 4 nitrogen and oxygen atoms in total. The third-order valence-electron chi connectivity index (χ3n) is 1.88. The second-order valence-corrected chi connectivity index (χ2v) is 4.86. The third kappa shape index (κ3) is 5.67. The number of carbonyl (C=O) groups is 2. The van der Waals surface area contributed by atoms with Crippen molar-refractivity contribution in [3.05, 3.63) is 0 Å². The van der Waals surface area contributed by atoms with Gasteiger partial charge in [-0.15, -0.1) is 0 Å².